The van der Waals surface area contributed by atoms with Gasteiger partial charge in [-0.1, -0.05) is 72.5 Å². The molecule has 0 N–H and O–H groups in total. The van der Waals surface area contributed by atoms with E-state index in [1.165, 1.54) is 25.7 Å². The fourth-order valence-corrected chi connectivity index (χ4v) is 1.94. The van der Waals surface area contributed by atoms with Crippen LogP contribution in [0.5, 0.6) is 0 Å². The van der Waals surface area contributed by atoms with Crippen molar-refractivity contribution in [3.05, 3.63) is 24.3 Å². The Labute approximate surface area is 161 Å². The molecule has 0 saturated heterocycles. The number of rotatable bonds is 13. The molecule has 0 saturated carbocycles. The van der Waals surface area contributed by atoms with Crippen LogP contribution in [0.4, 0.5) is 0 Å². The van der Waals surface area contributed by atoms with Gasteiger partial charge in [0.15, 0.2) is 0 Å². The summed E-state index contributed by atoms with van der Waals surface area (Å²) in [6, 6.07) is 0. The molecule has 0 aliphatic heterocycles. The summed E-state index contributed by atoms with van der Waals surface area (Å²) in [5.41, 5.74) is 0.956. The average Bonchev–Trinajstić information content (AvgIpc) is 2.57. The molecule has 0 aromatic rings. The van der Waals surface area contributed by atoms with E-state index in [0.29, 0.717) is 24.4 Å². The normalized spacial score (nSPS) is 9.92. The van der Waals surface area contributed by atoms with Gasteiger partial charge in [0.05, 0.1) is 13.2 Å². The fourth-order valence-electron chi connectivity index (χ4n) is 1.94. The van der Waals surface area contributed by atoms with Gasteiger partial charge in [-0.3, -0.25) is 0 Å². The predicted octanol–water partition coefficient (Wildman–Crippen LogP) is 6.01. The molecule has 0 atom stereocenters. The van der Waals surface area contributed by atoms with E-state index in [1.54, 1.807) is 13.8 Å². The van der Waals surface area contributed by atoms with Crippen LogP contribution >= 0.6 is 0 Å². The number of unbranched alkanes of at least 4 members (excludes halogenated alkanes) is 5. The van der Waals surface area contributed by atoms with Crippen molar-refractivity contribution < 1.29 is 19.1 Å². The molecule has 152 valence electrons. The first-order valence-corrected chi connectivity index (χ1v) is 9.87. The minimum absolute atomic E-state index is 0.270. The first kappa shape index (κ1) is 26.6. The summed E-state index contributed by atoms with van der Waals surface area (Å²) in [4.78, 5) is 21.8. The second kappa shape index (κ2) is 18.2. The van der Waals surface area contributed by atoms with E-state index >= 15 is 0 Å². The number of carbonyl (C=O) groups excluding carboxylic acids is 2. The lowest BCUT2D eigenvalue weighted by Gasteiger charge is -2.05. The van der Waals surface area contributed by atoms with Crippen molar-refractivity contribution in [3.63, 3.8) is 0 Å². The maximum absolute atomic E-state index is 11.0. The first-order valence-electron chi connectivity index (χ1n) is 9.87. The molecule has 0 bridgehead atoms. The van der Waals surface area contributed by atoms with Crippen LogP contribution in [0.15, 0.2) is 24.3 Å². The SMILES string of the molecule is C=C(C)C(=O)OCCCCCC.C=C(C)C(=O)OCCCCCC(C)C. The van der Waals surface area contributed by atoms with Gasteiger partial charge in [0.25, 0.3) is 0 Å². The van der Waals surface area contributed by atoms with Gasteiger partial charge >= 0.3 is 11.9 Å². The molecule has 0 amide bonds. The molecule has 0 aromatic heterocycles. The number of carbonyl (C=O) groups is 2. The van der Waals surface area contributed by atoms with Gasteiger partial charge in [-0.2, -0.15) is 0 Å². The van der Waals surface area contributed by atoms with Crippen molar-refractivity contribution in [3.8, 4) is 0 Å². The van der Waals surface area contributed by atoms with Crippen LogP contribution < -0.4 is 0 Å². The van der Waals surface area contributed by atoms with Crippen LogP contribution in [0.3, 0.4) is 0 Å². The van der Waals surface area contributed by atoms with Crippen LogP contribution in [0.25, 0.3) is 0 Å². The maximum Gasteiger partial charge on any atom is 0.333 e. The Morgan fingerprint density at radius 3 is 1.54 bits per heavy atom. The molecule has 0 radical (unpaired) electrons. The van der Waals surface area contributed by atoms with Crippen molar-refractivity contribution in [1.82, 2.24) is 0 Å². The highest BCUT2D eigenvalue weighted by atomic mass is 16.5. The molecule has 0 unspecified atom stereocenters. The van der Waals surface area contributed by atoms with Gasteiger partial charge in [-0.25, -0.2) is 9.59 Å². The Morgan fingerprint density at radius 2 is 1.19 bits per heavy atom. The van der Waals surface area contributed by atoms with Crippen LogP contribution in [0, 0.1) is 5.92 Å². The zero-order valence-corrected chi connectivity index (χ0v) is 17.7. The number of esters is 2. The third kappa shape index (κ3) is 20.5. The largest absolute Gasteiger partial charge is 0.462 e. The molecule has 0 aliphatic carbocycles. The topological polar surface area (TPSA) is 52.6 Å². The van der Waals surface area contributed by atoms with Crippen LogP contribution in [0.2, 0.25) is 0 Å². The maximum atomic E-state index is 11.0. The van der Waals surface area contributed by atoms with E-state index in [4.69, 9.17) is 9.47 Å². The lowest BCUT2D eigenvalue weighted by atomic mass is 10.1. The summed E-state index contributed by atoms with van der Waals surface area (Å²) in [5.74, 6) is 0.230. The van der Waals surface area contributed by atoms with E-state index in [-0.39, 0.29) is 11.9 Å². The molecule has 0 spiro atoms. The van der Waals surface area contributed by atoms with Crippen molar-refractivity contribution in [2.24, 2.45) is 5.92 Å². The van der Waals surface area contributed by atoms with Crippen LogP contribution in [0.1, 0.15) is 86.0 Å². The monoisotopic (exact) mass is 368 g/mol. The molecule has 4 nitrogen and oxygen atoms in total. The van der Waals surface area contributed by atoms with E-state index in [9.17, 15) is 9.59 Å². The van der Waals surface area contributed by atoms with E-state index in [1.807, 2.05) is 0 Å². The van der Waals surface area contributed by atoms with Gasteiger partial charge in [-0.15, -0.1) is 0 Å². The number of hydrogen-bond acceptors (Lipinski definition) is 4. The highest BCUT2D eigenvalue weighted by Crippen LogP contribution is 2.08. The van der Waals surface area contributed by atoms with Crippen LogP contribution in [-0.4, -0.2) is 25.2 Å². The Hall–Kier alpha value is -1.58. The molecule has 4 heteroatoms. The van der Waals surface area contributed by atoms with Crippen molar-refractivity contribution in [1.29, 1.82) is 0 Å². The number of ether oxygens (including phenoxy) is 2. The van der Waals surface area contributed by atoms with Gasteiger partial charge in [0.1, 0.15) is 0 Å². The molecule has 0 rings (SSSR count). The van der Waals surface area contributed by atoms with E-state index in [0.717, 1.165) is 31.6 Å². The predicted molar refractivity (Wildman–Crippen MR) is 109 cm³/mol. The second-order valence-electron chi connectivity index (χ2n) is 7.14. The summed E-state index contributed by atoms with van der Waals surface area (Å²) >= 11 is 0. The van der Waals surface area contributed by atoms with Crippen molar-refractivity contribution in [2.45, 2.75) is 86.0 Å². The summed E-state index contributed by atoms with van der Waals surface area (Å²) < 4.78 is 9.88. The third-order valence-electron chi connectivity index (χ3n) is 3.59. The molecule has 26 heavy (non-hydrogen) atoms. The Morgan fingerprint density at radius 1 is 0.769 bits per heavy atom. The summed E-state index contributed by atoms with van der Waals surface area (Å²) in [6.45, 7) is 18.0. The van der Waals surface area contributed by atoms with E-state index in [2.05, 4.69) is 33.9 Å². The first-order chi connectivity index (χ1) is 12.2. The molecular formula is C22H40O4. The Bertz CT molecular complexity index is 410. The summed E-state index contributed by atoms with van der Waals surface area (Å²) in [5, 5.41) is 0. The van der Waals surface area contributed by atoms with E-state index < -0.39 is 0 Å². The Kier molecular flexibility index (Phi) is 18.7. The quantitative estimate of drug-likeness (QED) is 0.227. The molecule has 0 fully saturated rings. The molecule has 0 aliphatic rings. The minimum Gasteiger partial charge on any atom is -0.462 e. The van der Waals surface area contributed by atoms with Gasteiger partial charge in [0.2, 0.25) is 0 Å². The zero-order chi connectivity index (χ0) is 20.4. The highest BCUT2D eigenvalue weighted by molar-refractivity contribution is 5.87. The molecular weight excluding hydrogens is 328 g/mol. The lowest BCUT2D eigenvalue weighted by Crippen LogP contribution is -2.06. The van der Waals surface area contributed by atoms with Crippen molar-refractivity contribution in [2.75, 3.05) is 13.2 Å². The van der Waals surface area contributed by atoms with Gasteiger partial charge < -0.3 is 9.47 Å². The summed E-state index contributed by atoms with van der Waals surface area (Å²) in [6.07, 6.45) is 9.11. The van der Waals surface area contributed by atoms with Gasteiger partial charge in [0, 0.05) is 11.1 Å². The van der Waals surface area contributed by atoms with Crippen molar-refractivity contribution >= 4 is 11.9 Å². The minimum atomic E-state index is -0.272. The third-order valence-corrected chi connectivity index (χ3v) is 3.59. The number of hydrogen-bond donors (Lipinski definition) is 0. The molecule has 0 aromatic carbocycles. The lowest BCUT2D eigenvalue weighted by molar-refractivity contribution is -0.139. The summed E-state index contributed by atoms with van der Waals surface area (Å²) in [7, 11) is 0. The second-order valence-corrected chi connectivity index (χ2v) is 7.14. The average molecular weight is 369 g/mol. The smallest absolute Gasteiger partial charge is 0.333 e. The zero-order valence-electron chi connectivity index (χ0n) is 17.7. The van der Waals surface area contributed by atoms with Crippen LogP contribution in [-0.2, 0) is 19.1 Å². The highest BCUT2D eigenvalue weighted by Gasteiger charge is 2.02. The molecule has 0 heterocycles. The van der Waals surface area contributed by atoms with Gasteiger partial charge in [-0.05, 0) is 32.6 Å². The Balaban J connectivity index is 0. The standard InChI is InChI=1S/C12H22O2.C10H18O2/c1-10(2)8-6-5-7-9-14-12(13)11(3)4;1-4-5-6-7-8-12-10(11)9(2)3/h10H,3,5-9H2,1-2,4H3;2,4-8H2,1,3H3. The fraction of sp³-hybridized carbons (Fsp3) is 0.727.